The second-order valence-electron chi connectivity index (χ2n) is 2.39. The van der Waals surface area contributed by atoms with Crippen LogP contribution >= 0.6 is 0 Å². The Labute approximate surface area is 90.5 Å². The predicted molar refractivity (Wildman–Crippen MR) is 43.3 cm³/mol. The fraction of sp³-hybridized carbons (Fsp3) is 0.111. The smallest absolute Gasteiger partial charge is 0.0867 e. The molecule has 0 aliphatic heterocycles. The number of nitrogens with zero attached hydrogens (tertiary/aromatic N) is 2. The third kappa shape index (κ3) is 2.25. The number of hydrogen-bond donors (Lipinski definition) is 0. The van der Waals surface area contributed by atoms with Crippen LogP contribution in [-0.4, -0.2) is 9.97 Å². The van der Waals surface area contributed by atoms with Crippen LogP contribution in [0.4, 0.5) is 0 Å². The maximum Gasteiger partial charge on any atom is 0.0867 e. The van der Waals surface area contributed by atoms with E-state index >= 15 is 0 Å². The third-order valence-corrected chi connectivity index (χ3v) is 1.46. The molecular formula is C9H7N2OPt-. The summed E-state index contributed by atoms with van der Waals surface area (Å²) in [6, 6.07) is 5.61. The first-order chi connectivity index (χ1) is 5.86. The Morgan fingerprint density at radius 2 is 2.23 bits per heavy atom. The van der Waals surface area contributed by atoms with Gasteiger partial charge in [0.25, 0.3) is 0 Å². The first kappa shape index (κ1) is 10.1. The average molecular weight is 354 g/mol. The summed E-state index contributed by atoms with van der Waals surface area (Å²) >= 11 is 0. The molecule has 2 aromatic rings. The first-order valence-corrected chi connectivity index (χ1v) is 3.63. The van der Waals surface area contributed by atoms with Crippen molar-refractivity contribution in [2.45, 2.75) is 6.92 Å². The summed E-state index contributed by atoms with van der Waals surface area (Å²) < 4.78 is 5.24. The average Bonchev–Trinajstić information content (AvgIpc) is 2.54. The Morgan fingerprint density at radius 1 is 1.38 bits per heavy atom. The Kier molecular flexibility index (Phi) is 3.38. The van der Waals surface area contributed by atoms with E-state index in [1.54, 1.807) is 13.1 Å². The minimum absolute atomic E-state index is 0. The second kappa shape index (κ2) is 4.33. The Morgan fingerprint density at radius 3 is 2.77 bits per heavy atom. The van der Waals surface area contributed by atoms with Gasteiger partial charge in [-0.2, -0.15) is 0 Å². The topological polar surface area (TPSA) is 38.9 Å². The van der Waals surface area contributed by atoms with Crippen LogP contribution in [0.5, 0.6) is 0 Å². The molecule has 0 saturated heterocycles. The van der Waals surface area contributed by atoms with Crippen molar-refractivity contribution < 1.29 is 25.5 Å². The minimum atomic E-state index is 0. The largest absolute Gasteiger partial charge is 0.523 e. The van der Waals surface area contributed by atoms with Gasteiger partial charge in [0.1, 0.15) is 0 Å². The molecule has 0 aromatic carbocycles. The maximum atomic E-state index is 5.24. The zero-order valence-corrected chi connectivity index (χ0v) is 9.20. The van der Waals surface area contributed by atoms with E-state index in [1.807, 2.05) is 18.2 Å². The molecule has 0 aliphatic carbocycles. The van der Waals surface area contributed by atoms with Crippen molar-refractivity contribution in [3.05, 3.63) is 36.5 Å². The molecular weight excluding hydrogens is 347 g/mol. The quantitative estimate of drug-likeness (QED) is 0.734. The van der Waals surface area contributed by atoms with Crippen LogP contribution in [0.2, 0.25) is 0 Å². The van der Waals surface area contributed by atoms with Crippen molar-refractivity contribution in [1.82, 2.24) is 9.97 Å². The van der Waals surface area contributed by atoms with Crippen LogP contribution in [0.15, 0.2) is 28.8 Å². The number of oxazole rings is 1. The van der Waals surface area contributed by atoms with Gasteiger partial charge in [-0.3, -0.25) is 0 Å². The first-order valence-electron chi connectivity index (χ1n) is 3.63. The standard InChI is InChI=1S/C9H7N2O.Pt/c1-7-11-6-9(12-7)8-4-2-3-5-10-8;/h2-5H,1H3;/q-1;. The van der Waals surface area contributed by atoms with Crippen molar-refractivity contribution in [1.29, 1.82) is 0 Å². The van der Waals surface area contributed by atoms with Gasteiger partial charge in [0.2, 0.25) is 0 Å². The van der Waals surface area contributed by atoms with Crippen molar-refractivity contribution >= 4 is 0 Å². The molecule has 0 radical (unpaired) electrons. The fourth-order valence-corrected chi connectivity index (χ4v) is 0.929. The monoisotopic (exact) mass is 354 g/mol. The van der Waals surface area contributed by atoms with Crippen LogP contribution in [0.3, 0.4) is 0 Å². The molecule has 13 heavy (non-hydrogen) atoms. The molecule has 0 atom stereocenters. The molecule has 3 nitrogen and oxygen atoms in total. The number of aryl methyl sites for hydroxylation is 1. The normalized spacial score (nSPS) is 9.31. The Balaban J connectivity index is 0.000000845. The van der Waals surface area contributed by atoms with Gasteiger partial charge >= 0.3 is 0 Å². The van der Waals surface area contributed by atoms with Gasteiger partial charge in [0.05, 0.1) is 5.89 Å². The molecule has 0 N–H and O–H groups in total. The fourth-order valence-electron chi connectivity index (χ4n) is 0.929. The number of aromatic nitrogens is 2. The van der Waals surface area contributed by atoms with Crippen LogP contribution in [-0.2, 0) is 21.1 Å². The van der Waals surface area contributed by atoms with E-state index in [-0.39, 0.29) is 21.1 Å². The minimum Gasteiger partial charge on any atom is -0.523 e. The van der Waals surface area contributed by atoms with Gasteiger partial charge in [0, 0.05) is 38.7 Å². The molecule has 70 valence electrons. The number of pyridine rings is 1. The van der Waals surface area contributed by atoms with Gasteiger partial charge in [-0.1, -0.05) is 12.1 Å². The molecule has 0 bridgehead atoms. The van der Waals surface area contributed by atoms with Crippen molar-refractivity contribution in [2.24, 2.45) is 0 Å². The third-order valence-electron chi connectivity index (χ3n) is 1.46. The van der Waals surface area contributed by atoms with Gasteiger partial charge in [-0.05, 0) is 19.2 Å². The van der Waals surface area contributed by atoms with E-state index in [0.717, 1.165) is 5.69 Å². The van der Waals surface area contributed by atoms with Crippen molar-refractivity contribution in [3.63, 3.8) is 0 Å². The number of hydrogen-bond acceptors (Lipinski definition) is 3. The molecule has 0 aliphatic rings. The molecule has 2 heterocycles. The molecule has 0 saturated carbocycles. The zero-order valence-electron chi connectivity index (χ0n) is 6.93. The van der Waals surface area contributed by atoms with Gasteiger partial charge in [-0.15, -0.1) is 0 Å². The van der Waals surface area contributed by atoms with Crippen LogP contribution < -0.4 is 0 Å². The zero-order chi connectivity index (χ0) is 8.39. The van der Waals surface area contributed by atoms with Gasteiger partial charge in [-0.25, -0.2) is 0 Å². The van der Waals surface area contributed by atoms with Gasteiger partial charge < -0.3 is 14.4 Å². The molecule has 0 amide bonds. The van der Waals surface area contributed by atoms with Crippen LogP contribution in [0, 0.1) is 13.1 Å². The summed E-state index contributed by atoms with van der Waals surface area (Å²) in [4.78, 5) is 7.96. The molecule has 2 aromatic heterocycles. The maximum absolute atomic E-state index is 5.24. The van der Waals surface area contributed by atoms with Crippen LogP contribution in [0.1, 0.15) is 5.89 Å². The van der Waals surface area contributed by atoms with E-state index in [4.69, 9.17) is 4.42 Å². The predicted octanol–water partition coefficient (Wildman–Crippen LogP) is 1.84. The van der Waals surface area contributed by atoms with Crippen molar-refractivity contribution in [3.8, 4) is 11.5 Å². The van der Waals surface area contributed by atoms with E-state index in [9.17, 15) is 0 Å². The summed E-state index contributed by atoms with van der Waals surface area (Å²) in [6.07, 6.45) is 4.45. The summed E-state index contributed by atoms with van der Waals surface area (Å²) in [5.41, 5.74) is 0.762. The molecule has 2 rings (SSSR count). The Bertz CT molecular complexity index is 372. The summed E-state index contributed by atoms with van der Waals surface area (Å²) in [5.74, 6) is 1.20. The molecule has 0 fully saturated rings. The molecule has 0 spiro atoms. The van der Waals surface area contributed by atoms with E-state index in [2.05, 4.69) is 16.2 Å². The Hall–Kier alpha value is -0.952. The summed E-state index contributed by atoms with van der Waals surface area (Å²) in [7, 11) is 0. The van der Waals surface area contributed by atoms with Crippen LogP contribution in [0.25, 0.3) is 11.5 Å². The number of rotatable bonds is 1. The van der Waals surface area contributed by atoms with E-state index < -0.39 is 0 Å². The second-order valence-corrected chi connectivity index (χ2v) is 2.39. The molecule has 0 unspecified atom stereocenters. The van der Waals surface area contributed by atoms with E-state index in [0.29, 0.717) is 11.7 Å². The van der Waals surface area contributed by atoms with E-state index in [1.165, 1.54) is 0 Å². The van der Waals surface area contributed by atoms with Gasteiger partial charge in [0.15, 0.2) is 0 Å². The van der Waals surface area contributed by atoms with Crippen molar-refractivity contribution in [2.75, 3.05) is 0 Å². The summed E-state index contributed by atoms with van der Waals surface area (Å²) in [5, 5.41) is 0. The SMILES string of the molecule is Cc1n[c-]c(-c2ccccn2)o1.[Pt]. The molecule has 4 heteroatoms. The summed E-state index contributed by atoms with van der Waals surface area (Å²) in [6.45, 7) is 1.78.